The quantitative estimate of drug-likeness (QED) is 0.357. The van der Waals surface area contributed by atoms with Crippen molar-refractivity contribution in [3.05, 3.63) is 65.7 Å². The van der Waals surface area contributed by atoms with Crippen LogP contribution < -0.4 is 19.5 Å². The first kappa shape index (κ1) is 25.3. The Bertz CT molecular complexity index is 1220. The lowest BCUT2D eigenvalue weighted by atomic mass is 10.1. The van der Waals surface area contributed by atoms with Crippen molar-refractivity contribution in [1.82, 2.24) is 4.98 Å². The Labute approximate surface area is 203 Å². The van der Waals surface area contributed by atoms with Gasteiger partial charge in [-0.3, -0.25) is 9.52 Å². The number of carbonyl (C=O) groups excluding carboxylic acids is 1. The molecule has 0 atom stereocenters. The topological polar surface area (TPSA) is 107 Å². The molecule has 0 aliphatic heterocycles. The van der Waals surface area contributed by atoms with Crippen LogP contribution in [0.1, 0.15) is 25.8 Å². The van der Waals surface area contributed by atoms with Gasteiger partial charge in [0.25, 0.3) is 10.0 Å². The van der Waals surface area contributed by atoms with Crippen LogP contribution in [0.2, 0.25) is 0 Å². The lowest BCUT2D eigenvalue weighted by Gasteiger charge is -2.12. The molecule has 0 fully saturated rings. The fourth-order valence-corrected chi connectivity index (χ4v) is 4.62. The Morgan fingerprint density at radius 2 is 1.91 bits per heavy atom. The Hall–Kier alpha value is -3.37. The average Bonchev–Trinajstić information content (AvgIpc) is 3.30. The fourth-order valence-electron chi connectivity index (χ4n) is 2.83. The van der Waals surface area contributed by atoms with Gasteiger partial charge in [0.2, 0.25) is 5.91 Å². The van der Waals surface area contributed by atoms with Gasteiger partial charge in [-0.05, 0) is 60.4 Å². The molecule has 180 valence electrons. The number of ether oxygens (including phenoxy) is 2. The molecule has 3 rings (SSSR count). The molecule has 0 bridgehead atoms. The third kappa shape index (κ3) is 7.32. The van der Waals surface area contributed by atoms with E-state index in [2.05, 4.69) is 28.9 Å². The number of methoxy groups -OCH3 is 1. The first-order chi connectivity index (χ1) is 16.3. The number of nitrogens with one attached hydrogen (secondary N) is 2. The molecule has 0 saturated carbocycles. The maximum Gasteiger partial charge on any atom is 0.263 e. The molecule has 8 nitrogen and oxygen atoms in total. The summed E-state index contributed by atoms with van der Waals surface area (Å²) < 4.78 is 38.4. The molecule has 0 aliphatic rings. The van der Waals surface area contributed by atoms with E-state index in [-0.39, 0.29) is 15.9 Å². The van der Waals surface area contributed by atoms with Crippen molar-refractivity contribution in [3.63, 3.8) is 0 Å². The Morgan fingerprint density at radius 3 is 2.56 bits per heavy atom. The van der Waals surface area contributed by atoms with Crippen LogP contribution in [0.5, 0.6) is 11.5 Å². The number of sulfonamides is 1. The summed E-state index contributed by atoms with van der Waals surface area (Å²) in [4.78, 5) is 16.3. The van der Waals surface area contributed by atoms with Crippen LogP contribution >= 0.6 is 11.3 Å². The average molecular weight is 502 g/mol. The van der Waals surface area contributed by atoms with E-state index in [9.17, 15) is 13.2 Å². The second kappa shape index (κ2) is 11.7. The van der Waals surface area contributed by atoms with E-state index >= 15 is 0 Å². The summed E-state index contributed by atoms with van der Waals surface area (Å²) in [5.41, 5.74) is 1.24. The number of amides is 1. The molecule has 0 radical (unpaired) electrons. The minimum atomic E-state index is -3.75. The summed E-state index contributed by atoms with van der Waals surface area (Å²) in [7, 11) is -2.18. The number of rotatable bonds is 11. The van der Waals surface area contributed by atoms with Crippen LogP contribution in [0.4, 0.5) is 10.8 Å². The fraction of sp³-hybridized carbons (Fsp3) is 0.250. The molecule has 0 aliphatic carbocycles. The van der Waals surface area contributed by atoms with Gasteiger partial charge in [-0.15, -0.1) is 11.3 Å². The molecule has 0 unspecified atom stereocenters. The summed E-state index contributed by atoms with van der Waals surface area (Å²) in [6.45, 7) is 4.88. The Balaban J connectivity index is 1.59. The third-order valence-electron chi connectivity index (χ3n) is 4.65. The standard InChI is InChI=1S/C24H27N3O5S2/c1-17(2)12-14-32-21-10-4-18(16-22(21)31-3)5-11-23(28)26-19-6-8-20(9-7-19)34(29,30)27-24-25-13-15-33-24/h4-11,13,15-17H,12,14H2,1-3H3,(H,25,27)(H,26,28)/b11-5+. The molecule has 1 amide bonds. The predicted octanol–water partition coefficient (Wildman–Crippen LogP) is 5.03. The molecule has 2 N–H and O–H groups in total. The minimum absolute atomic E-state index is 0.0686. The summed E-state index contributed by atoms with van der Waals surface area (Å²) in [5.74, 6) is 1.44. The number of carbonyl (C=O) groups is 1. The van der Waals surface area contributed by atoms with E-state index in [0.29, 0.717) is 29.7 Å². The molecular formula is C24H27N3O5S2. The van der Waals surface area contributed by atoms with E-state index in [1.807, 2.05) is 12.1 Å². The molecule has 3 aromatic rings. The van der Waals surface area contributed by atoms with Gasteiger partial charge in [-0.2, -0.15) is 0 Å². The summed E-state index contributed by atoms with van der Waals surface area (Å²) in [6.07, 6.45) is 5.51. The number of anilines is 2. The van der Waals surface area contributed by atoms with E-state index in [4.69, 9.17) is 9.47 Å². The van der Waals surface area contributed by atoms with Gasteiger partial charge in [0.05, 0.1) is 18.6 Å². The Kier molecular flexibility index (Phi) is 8.67. The van der Waals surface area contributed by atoms with Crippen LogP contribution in [-0.4, -0.2) is 33.0 Å². The normalized spacial score (nSPS) is 11.5. The van der Waals surface area contributed by atoms with Crippen molar-refractivity contribution in [2.24, 2.45) is 5.92 Å². The van der Waals surface area contributed by atoms with Crippen LogP contribution in [0, 0.1) is 5.92 Å². The van der Waals surface area contributed by atoms with E-state index in [1.165, 1.54) is 47.9 Å². The van der Waals surface area contributed by atoms with Gasteiger partial charge in [0, 0.05) is 23.3 Å². The molecular weight excluding hydrogens is 474 g/mol. The smallest absolute Gasteiger partial charge is 0.263 e. The molecule has 1 heterocycles. The molecule has 34 heavy (non-hydrogen) atoms. The lowest BCUT2D eigenvalue weighted by molar-refractivity contribution is -0.111. The summed E-state index contributed by atoms with van der Waals surface area (Å²) in [6, 6.07) is 11.3. The number of nitrogens with zero attached hydrogens (tertiary/aromatic N) is 1. The molecule has 2 aromatic carbocycles. The van der Waals surface area contributed by atoms with Gasteiger partial charge >= 0.3 is 0 Å². The van der Waals surface area contributed by atoms with Crippen LogP contribution in [-0.2, 0) is 14.8 Å². The SMILES string of the molecule is COc1cc(/C=C/C(=O)Nc2ccc(S(=O)(=O)Nc3nccs3)cc2)ccc1OCCC(C)C. The van der Waals surface area contributed by atoms with Crippen molar-refractivity contribution in [2.45, 2.75) is 25.2 Å². The molecule has 10 heteroatoms. The van der Waals surface area contributed by atoms with Gasteiger partial charge in [0.15, 0.2) is 16.6 Å². The highest BCUT2D eigenvalue weighted by Gasteiger charge is 2.15. The van der Waals surface area contributed by atoms with E-state index in [0.717, 1.165) is 12.0 Å². The minimum Gasteiger partial charge on any atom is -0.493 e. The van der Waals surface area contributed by atoms with Gasteiger partial charge in [-0.1, -0.05) is 19.9 Å². The lowest BCUT2D eigenvalue weighted by Crippen LogP contribution is -2.13. The molecule has 1 aromatic heterocycles. The second-order valence-electron chi connectivity index (χ2n) is 7.73. The number of thiazole rings is 1. The number of hydrogen-bond donors (Lipinski definition) is 2. The van der Waals surface area contributed by atoms with Crippen molar-refractivity contribution in [1.29, 1.82) is 0 Å². The van der Waals surface area contributed by atoms with Crippen molar-refractivity contribution >= 4 is 44.2 Å². The summed E-state index contributed by atoms with van der Waals surface area (Å²) in [5, 5.41) is 4.67. The zero-order chi connectivity index (χ0) is 24.6. The first-order valence-electron chi connectivity index (χ1n) is 10.6. The van der Waals surface area contributed by atoms with Crippen LogP contribution in [0.15, 0.2) is 65.0 Å². The van der Waals surface area contributed by atoms with Crippen molar-refractivity contribution in [3.8, 4) is 11.5 Å². The highest BCUT2D eigenvalue weighted by molar-refractivity contribution is 7.93. The van der Waals surface area contributed by atoms with Gasteiger partial charge in [0.1, 0.15) is 0 Å². The van der Waals surface area contributed by atoms with Crippen LogP contribution in [0.3, 0.4) is 0 Å². The largest absolute Gasteiger partial charge is 0.493 e. The van der Waals surface area contributed by atoms with E-state index in [1.54, 1.807) is 24.6 Å². The second-order valence-corrected chi connectivity index (χ2v) is 10.3. The highest BCUT2D eigenvalue weighted by atomic mass is 32.2. The first-order valence-corrected chi connectivity index (χ1v) is 13.0. The maximum atomic E-state index is 12.4. The number of hydrogen-bond acceptors (Lipinski definition) is 7. The monoisotopic (exact) mass is 501 g/mol. The van der Waals surface area contributed by atoms with Crippen molar-refractivity contribution in [2.75, 3.05) is 23.8 Å². The summed E-state index contributed by atoms with van der Waals surface area (Å²) >= 11 is 1.19. The molecule has 0 saturated heterocycles. The van der Waals surface area contributed by atoms with E-state index < -0.39 is 10.0 Å². The molecule has 0 spiro atoms. The number of benzene rings is 2. The van der Waals surface area contributed by atoms with Gasteiger partial charge in [-0.25, -0.2) is 13.4 Å². The highest BCUT2D eigenvalue weighted by Crippen LogP contribution is 2.29. The van der Waals surface area contributed by atoms with Crippen molar-refractivity contribution < 1.29 is 22.7 Å². The zero-order valence-electron chi connectivity index (χ0n) is 19.1. The predicted molar refractivity (Wildman–Crippen MR) is 135 cm³/mol. The Morgan fingerprint density at radius 1 is 1.15 bits per heavy atom. The number of aromatic nitrogens is 1. The maximum absolute atomic E-state index is 12.4. The van der Waals surface area contributed by atoms with Crippen LogP contribution in [0.25, 0.3) is 6.08 Å². The van der Waals surface area contributed by atoms with Gasteiger partial charge < -0.3 is 14.8 Å². The zero-order valence-corrected chi connectivity index (χ0v) is 20.8. The third-order valence-corrected chi connectivity index (χ3v) is 6.83.